The Bertz CT molecular complexity index is 1100. The van der Waals surface area contributed by atoms with Crippen molar-refractivity contribution in [2.24, 2.45) is 0 Å². The van der Waals surface area contributed by atoms with Crippen molar-refractivity contribution in [2.75, 3.05) is 27.4 Å². The van der Waals surface area contributed by atoms with Gasteiger partial charge in [-0.15, -0.1) is 0 Å². The minimum atomic E-state index is -4.43. The number of ether oxygens (including phenoxy) is 4. The van der Waals surface area contributed by atoms with E-state index in [1.165, 1.54) is 50.6 Å². The van der Waals surface area contributed by atoms with Gasteiger partial charge >= 0.3 is 12.4 Å². The smallest absolute Gasteiger partial charge is 0.419 e. The van der Waals surface area contributed by atoms with Crippen molar-refractivity contribution >= 4 is 0 Å². The van der Waals surface area contributed by atoms with Gasteiger partial charge in [-0.1, -0.05) is 27.7 Å². The van der Waals surface area contributed by atoms with Crippen LogP contribution in [0.15, 0.2) is 36.4 Å². The summed E-state index contributed by atoms with van der Waals surface area (Å²) >= 11 is 0. The predicted octanol–water partition coefficient (Wildman–Crippen LogP) is 7.67. The Balaban J connectivity index is 0.000000220. The molecular weight excluding hydrogens is 552 g/mol. The molecule has 2 aromatic rings. The van der Waals surface area contributed by atoms with Crippen LogP contribution >= 0.6 is 0 Å². The van der Waals surface area contributed by atoms with Gasteiger partial charge in [0.05, 0.1) is 27.4 Å². The minimum absolute atomic E-state index is 0.274. The van der Waals surface area contributed by atoms with E-state index in [1.54, 1.807) is 27.7 Å². The first kappa shape index (κ1) is 31.9. The van der Waals surface area contributed by atoms with E-state index in [0.717, 1.165) is 0 Å². The monoisotopic (exact) mass is 584 g/mol. The zero-order valence-corrected chi connectivity index (χ0v) is 22.9. The van der Waals surface area contributed by atoms with Crippen LogP contribution < -0.4 is 9.47 Å². The Hall–Kier alpha value is -2.60. The molecule has 4 nitrogen and oxygen atoms in total. The topological polar surface area (TPSA) is 43.5 Å². The van der Waals surface area contributed by atoms with Gasteiger partial charge in [0.15, 0.2) is 11.2 Å². The molecule has 0 aliphatic carbocycles. The maximum atomic E-state index is 13.4. The summed E-state index contributed by atoms with van der Waals surface area (Å²) in [5, 5.41) is 0. The van der Waals surface area contributed by atoms with Crippen LogP contribution in [0, 0.1) is 11.6 Å². The van der Waals surface area contributed by atoms with Crippen molar-refractivity contribution < 1.29 is 54.1 Å². The Morgan fingerprint density at radius 3 is 1.18 bits per heavy atom. The highest BCUT2D eigenvalue weighted by atomic mass is 19.4. The van der Waals surface area contributed by atoms with Crippen molar-refractivity contribution in [1.29, 1.82) is 0 Å². The van der Waals surface area contributed by atoms with Crippen molar-refractivity contribution in [3.05, 3.63) is 59.2 Å². The summed E-state index contributed by atoms with van der Waals surface area (Å²) < 4.78 is 124. The van der Waals surface area contributed by atoms with Crippen LogP contribution in [0.4, 0.5) is 35.1 Å². The van der Waals surface area contributed by atoms with Crippen LogP contribution in [0.5, 0.6) is 11.5 Å². The number of halogens is 8. The molecule has 2 heterocycles. The molecule has 0 spiro atoms. The van der Waals surface area contributed by atoms with Gasteiger partial charge in [-0.05, 0) is 60.1 Å². The molecule has 0 radical (unpaired) electrons. The van der Waals surface area contributed by atoms with Gasteiger partial charge in [-0.25, -0.2) is 8.78 Å². The van der Waals surface area contributed by atoms with E-state index in [-0.39, 0.29) is 26.1 Å². The summed E-state index contributed by atoms with van der Waals surface area (Å²) in [7, 11) is 2.81. The standard InChI is InChI=1S/2C14H16F4O2/c2*1-12(2,7-13(8-20-13)14(16,17)18)10-6-9(15)4-5-11(10)19-3/h2*4-6H,7-8H2,1-3H3. The highest BCUT2D eigenvalue weighted by molar-refractivity contribution is 5.41. The first-order valence-electron chi connectivity index (χ1n) is 12.3. The number of methoxy groups -OCH3 is 2. The van der Waals surface area contributed by atoms with Gasteiger partial charge < -0.3 is 18.9 Å². The van der Waals surface area contributed by atoms with Crippen LogP contribution in [-0.2, 0) is 20.3 Å². The van der Waals surface area contributed by atoms with Crippen LogP contribution in [0.1, 0.15) is 51.7 Å². The average Bonchev–Trinajstić information content (AvgIpc) is 3.75. The minimum Gasteiger partial charge on any atom is -0.496 e. The first-order valence-corrected chi connectivity index (χ1v) is 12.3. The molecule has 2 unspecified atom stereocenters. The van der Waals surface area contributed by atoms with Gasteiger partial charge in [-0.2, -0.15) is 26.3 Å². The largest absolute Gasteiger partial charge is 0.496 e. The summed E-state index contributed by atoms with van der Waals surface area (Å²) in [5.74, 6) is -0.276. The number of benzene rings is 2. The van der Waals surface area contributed by atoms with Gasteiger partial charge in [0, 0.05) is 11.1 Å². The molecule has 4 rings (SSSR count). The molecule has 40 heavy (non-hydrogen) atoms. The highest BCUT2D eigenvalue weighted by Gasteiger charge is 2.68. The lowest BCUT2D eigenvalue weighted by Gasteiger charge is -2.31. The molecule has 12 heteroatoms. The van der Waals surface area contributed by atoms with E-state index in [1.807, 2.05) is 0 Å². The van der Waals surface area contributed by atoms with Crippen molar-refractivity contribution in [3.8, 4) is 11.5 Å². The van der Waals surface area contributed by atoms with E-state index in [9.17, 15) is 35.1 Å². The molecule has 0 amide bonds. The summed E-state index contributed by atoms with van der Waals surface area (Å²) in [6, 6.07) is 7.69. The molecule has 2 saturated heterocycles. The maximum absolute atomic E-state index is 13.4. The second kappa shape index (κ2) is 10.7. The molecule has 224 valence electrons. The molecule has 2 aromatic carbocycles. The zero-order chi connectivity index (χ0) is 30.4. The van der Waals surface area contributed by atoms with Crippen LogP contribution in [-0.4, -0.2) is 51.0 Å². The second-order valence-electron chi connectivity index (χ2n) is 11.4. The van der Waals surface area contributed by atoms with Crippen molar-refractivity contribution in [3.63, 3.8) is 0 Å². The van der Waals surface area contributed by atoms with Gasteiger partial charge in [0.25, 0.3) is 0 Å². The maximum Gasteiger partial charge on any atom is 0.419 e. The summed E-state index contributed by atoms with van der Waals surface area (Å²) in [6.45, 7) is 5.80. The number of hydrogen-bond acceptors (Lipinski definition) is 4. The van der Waals surface area contributed by atoms with Crippen molar-refractivity contribution in [1.82, 2.24) is 0 Å². The number of hydrogen-bond donors (Lipinski definition) is 0. The number of alkyl halides is 6. The summed E-state index contributed by atoms with van der Waals surface area (Å²) in [5.41, 5.74) is -5.29. The third-order valence-electron chi connectivity index (χ3n) is 7.26. The molecule has 2 fully saturated rings. The Morgan fingerprint density at radius 2 is 0.950 bits per heavy atom. The van der Waals surface area contributed by atoms with E-state index in [0.29, 0.717) is 22.6 Å². The van der Waals surface area contributed by atoms with E-state index < -0.39 is 46.0 Å². The van der Waals surface area contributed by atoms with Gasteiger partial charge in [-0.3, -0.25) is 0 Å². The van der Waals surface area contributed by atoms with Crippen LogP contribution in [0.25, 0.3) is 0 Å². The molecule has 0 bridgehead atoms. The van der Waals surface area contributed by atoms with Crippen LogP contribution in [0.2, 0.25) is 0 Å². The summed E-state index contributed by atoms with van der Waals surface area (Å²) in [6.07, 6.45) is -9.40. The molecule has 0 aromatic heterocycles. The van der Waals surface area contributed by atoms with E-state index in [2.05, 4.69) is 9.47 Å². The lowest BCUT2D eigenvalue weighted by molar-refractivity contribution is -0.189. The van der Waals surface area contributed by atoms with Gasteiger partial charge in [0.2, 0.25) is 0 Å². The summed E-state index contributed by atoms with van der Waals surface area (Å²) in [4.78, 5) is 0. The predicted molar refractivity (Wildman–Crippen MR) is 131 cm³/mol. The second-order valence-corrected chi connectivity index (χ2v) is 11.4. The Labute approximate surface area is 227 Å². The lowest BCUT2D eigenvalue weighted by Crippen LogP contribution is -2.39. The fraction of sp³-hybridized carbons (Fsp3) is 0.571. The third-order valence-corrected chi connectivity index (χ3v) is 7.26. The molecule has 0 N–H and O–H groups in total. The highest BCUT2D eigenvalue weighted by Crippen LogP contribution is 2.53. The molecule has 0 saturated carbocycles. The number of epoxide rings is 2. The Morgan fingerprint density at radius 1 is 0.650 bits per heavy atom. The van der Waals surface area contributed by atoms with E-state index in [4.69, 9.17) is 9.47 Å². The zero-order valence-electron chi connectivity index (χ0n) is 22.9. The Kier molecular flexibility index (Phi) is 8.51. The van der Waals surface area contributed by atoms with Crippen molar-refractivity contribution in [2.45, 2.75) is 74.9 Å². The fourth-order valence-electron chi connectivity index (χ4n) is 4.94. The first-order chi connectivity index (χ1) is 18.2. The lowest BCUT2D eigenvalue weighted by atomic mass is 9.76. The molecular formula is C28H32F8O4. The fourth-order valence-corrected chi connectivity index (χ4v) is 4.94. The van der Waals surface area contributed by atoms with Crippen LogP contribution in [0.3, 0.4) is 0 Å². The quantitative estimate of drug-likeness (QED) is 0.236. The SMILES string of the molecule is COc1ccc(F)cc1C(C)(C)CC1(C(F)(F)F)CO1.COc1ccc(F)cc1C(C)(C)CC1(C(F)(F)F)CO1. The van der Waals surface area contributed by atoms with Gasteiger partial charge in [0.1, 0.15) is 23.1 Å². The molecule has 2 atom stereocenters. The number of rotatable bonds is 8. The third kappa shape index (κ3) is 6.64. The molecule has 2 aliphatic rings. The average molecular weight is 585 g/mol. The van der Waals surface area contributed by atoms with E-state index >= 15 is 0 Å². The molecule has 2 aliphatic heterocycles. The normalized spacial score (nSPS) is 22.8.